The number of piperidine rings is 1. The Bertz CT molecular complexity index is 472. The highest BCUT2D eigenvalue weighted by molar-refractivity contribution is 5.95. The first-order valence-electron chi connectivity index (χ1n) is 6.87. The number of nitrogens with zero attached hydrogens (tertiary/aromatic N) is 2. The summed E-state index contributed by atoms with van der Waals surface area (Å²) in [6.45, 7) is 8.15. The molecule has 4 heteroatoms. The molecule has 0 aromatic carbocycles. The maximum absolute atomic E-state index is 12.5. The topological polar surface area (TPSA) is 45.2 Å². The van der Waals surface area contributed by atoms with Crippen LogP contribution >= 0.6 is 0 Å². The van der Waals surface area contributed by atoms with Crippen LogP contribution in [0.5, 0.6) is 0 Å². The first-order chi connectivity index (χ1) is 8.91. The monoisotopic (exact) mass is 261 g/mol. The second kappa shape index (κ2) is 5.19. The fourth-order valence-corrected chi connectivity index (χ4v) is 2.42. The molecule has 0 atom stereocenters. The lowest BCUT2D eigenvalue weighted by atomic mass is 9.82. The van der Waals surface area contributed by atoms with Crippen molar-refractivity contribution in [1.82, 2.24) is 9.88 Å². The molecule has 1 aliphatic rings. The van der Waals surface area contributed by atoms with Crippen molar-refractivity contribution in [3.8, 4) is 0 Å². The third-order valence-corrected chi connectivity index (χ3v) is 3.86. The van der Waals surface area contributed by atoms with Gasteiger partial charge in [-0.05, 0) is 37.3 Å². The Balaban J connectivity index is 2.14. The molecule has 0 unspecified atom stereocenters. The molecule has 1 aromatic rings. The molecule has 0 spiro atoms. The van der Waals surface area contributed by atoms with E-state index in [1.165, 1.54) is 0 Å². The second-order valence-electron chi connectivity index (χ2n) is 6.09. The molecule has 1 N–H and O–H groups in total. The van der Waals surface area contributed by atoms with E-state index in [0.717, 1.165) is 43.0 Å². The maximum atomic E-state index is 12.5. The Morgan fingerprint density at radius 2 is 1.95 bits per heavy atom. The van der Waals surface area contributed by atoms with Crippen LogP contribution in [0.1, 0.15) is 42.7 Å². The molecule has 2 rings (SSSR count). The lowest BCUT2D eigenvalue weighted by molar-refractivity contribution is 0.0630. The molecular weight excluding hydrogens is 238 g/mol. The quantitative estimate of drug-likeness (QED) is 0.890. The predicted molar refractivity (Wildman–Crippen MR) is 77.4 cm³/mol. The molecule has 0 bridgehead atoms. The Morgan fingerprint density at radius 1 is 1.32 bits per heavy atom. The Morgan fingerprint density at radius 3 is 2.53 bits per heavy atom. The largest absolute Gasteiger partial charge is 0.373 e. The van der Waals surface area contributed by atoms with Crippen LogP contribution in [0, 0.1) is 12.3 Å². The van der Waals surface area contributed by atoms with E-state index in [1.807, 2.05) is 31.0 Å². The molecular formula is C15H23N3O. The van der Waals surface area contributed by atoms with Crippen molar-refractivity contribution in [2.24, 2.45) is 5.41 Å². The summed E-state index contributed by atoms with van der Waals surface area (Å²) in [7, 11) is 1.82. The zero-order chi connectivity index (χ0) is 14.0. The van der Waals surface area contributed by atoms with Crippen molar-refractivity contribution in [2.45, 2.75) is 33.6 Å². The minimum Gasteiger partial charge on any atom is -0.373 e. The fourth-order valence-electron chi connectivity index (χ4n) is 2.42. The van der Waals surface area contributed by atoms with Gasteiger partial charge in [0, 0.05) is 31.4 Å². The zero-order valence-electron chi connectivity index (χ0n) is 12.3. The smallest absolute Gasteiger partial charge is 0.254 e. The van der Waals surface area contributed by atoms with Gasteiger partial charge in [0.2, 0.25) is 0 Å². The molecule has 1 fully saturated rings. The minimum absolute atomic E-state index is 0.123. The van der Waals surface area contributed by atoms with E-state index in [2.05, 4.69) is 24.1 Å². The van der Waals surface area contributed by atoms with Crippen LogP contribution < -0.4 is 5.32 Å². The summed E-state index contributed by atoms with van der Waals surface area (Å²) >= 11 is 0. The van der Waals surface area contributed by atoms with Gasteiger partial charge in [-0.15, -0.1) is 0 Å². The molecule has 19 heavy (non-hydrogen) atoms. The summed E-state index contributed by atoms with van der Waals surface area (Å²) < 4.78 is 0. The van der Waals surface area contributed by atoms with Crippen molar-refractivity contribution in [1.29, 1.82) is 0 Å². The average Bonchev–Trinajstić information content (AvgIpc) is 2.37. The third kappa shape index (κ3) is 3.25. The van der Waals surface area contributed by atoms with Crippen LogP contribution in [0.15, 0.2) is 12.1 Å². The van der Waals surface area contributed by atoms with E-state index in [1.54, 1.807) is 0 Å². The first-order valence-corrected chi connectivity index (χ1v) is 6.87. The second-order valence-corrected chi connectivity index (χ2v) is 6.09. The van der Waals surface area contributed by atoms with Gasteiger partial charge in [0.25, 0.3) is 5.91 Å². The molecule has 0 aliphatic carbocycles. The lowest BCUT2D eigenvalue weighted by Gasteiger charge is -2.37. The number of aryl methyl sites for hydroxylation is 1. The number of hydrogen-bond donors (Lipinski definition) is 1. The van der Waals surface area contributed by atoms with Gasteiger partial charge in [0.15, 0.2) is 0 Å². The summed E-state index contributed by atoms with van der Waals surface area (Å²) in [5.41, 5.74) is 1.96. The van der Waals surface area contributed by atoms with Gasteiger partial charge >= 0.3 is 0 Å². The van der Waals surface area contributed by atoms with Crippen LogP contribution in [-0.4, -0.2) is 35.9 Å². The lowest BCUT2D eigenvalue weighted by Crippen LogP contribution is -2.41. The Hall–Kier alpha value is -1.58. The molecule has 104 valence electrons. The number of likely N-dealkylation sites (tertiary alicyclic amines) is 1. The fraction of sp³-hybridized carbons (Fsp3) is 0.600. The van der Waals surface area contributed by atoms with Crippen LogP contribution in [-0.2, 0) is 0 Å². The summed E-state index contributed by atoms with van der Waals surface area (Å²) in [5.74, 6) is 0.873. The summed E-state index contributed by atoms with van der Waals surface area (Å²) in [4.78, 5) is 18.8. The molecule has 1 aliphatic heterocycles. The summed E-state index contributed by atoms with van der Waals surface area (Å²) in [6.07, 6.45) is 2.14. The number of nitrogens with one attached hydrogen (secondary N) is 1. The molecule has 0 radical (unpaired) electrons. The van der Waals surface area contributed by atoms with Crippen molar-refractivity contribution < 1.29 is 4.79 Å². The van der Waals surface area contributed by atoms with Gasteiger partial charge in [0.1, 0.15) is 5.82 Å². The molecule has 2 heterocycles. The Kier molecular flexibility index (Phi) is 3.78. The van der Waals surface area contributed by atoms with Crippen LogP contribution in [0.4, 0.5) is 5.82 Å². The van der Waals surface area contributed by atoms with E-state index >= 15 is 0 Å². The van der Waals surface area contributed by atoms with Crippen molar-refractivity contribution in [3.63, 3.8) is 0 Å². The van der Waals surface area contributed by atoms with Gasteiger partial charge in [-0.2, -0.15) is 0 Å². The minimum atomic E-state index is 0.123. The number of aromatic nitrogens is 1. The van der Waals surface area contributed by atoms with Crippen molar-refractivity contribution in [3.05, 3.63) is 23.4 Å². The summed E-state index contributed by atoms with van der Waals surface area (Å²) in [5, 5.41) is 3.00. The van der Waals surface area contributed by atoms with E-state index in [9.17, 15) is 4.79 Å². The number of amides is 1. The highest BCUT2D eigenvalue weighted by Crippen LogP contribution is 2.30. The average molecular weight is 261 g/mol. The van der Waals surface area contributed by atoms with Gasteiger partial charge < -0.3 is 10.2 Å². The molecule has 0 saturated carbocycles. The normalized spacial score (nSPS) is 18.2. The standard InChI is InChI=1S/C15H23N3O/c1-11-9-12(10-13(16-4)17-11)14(19)18-7-5-15(2,3)6-8-18/h9-10H,5-8H2,1-4H3,(H,16,17). The first kappa shape index (κ1) is 13.8. The summed E-state index contributed by atoms with van der Waals surface area (Å²) in [6, 6.07) is 3.69. The highest BCUT2D eigenvalue weighted by atomic mass is 16.2. The van der Waals surface area contributed by atoms with E-state index in [4.69, 9.17) is 0 Å². The van der Waals surface area contributed by atoms with Crippen molar-refractivity contribution in [2.75, 3.05) is 25.5 Å². The van der Waals surface area contributed by atoms with Crippen LogP contribution in [0.25, 0.3) is 0 Å². The number of pyridine rings is 1. The highest BCUT2D eigenvalue weighted by Gasteiger charge is 2.28. The molecule has 1 amide bonds. The Labute approximate surface area is 115 Å². The number of rotatable bonds is 2. The number of carbonyl (C=O) groups excluding carboxylic acids is 1. The van der Waals surface area contributed by atoms with Gasteiger partial charge in [-0.1, -0.05) is 13.8 Å². The number of hydrogen-bond acceptors (Lipinski definition) is 3. The number of carbonyl (C=O) groups is 1. The maximum Gasteiger partial charge on any atom is 0.254 e. The third-order valence-electron chi connectivity index (χ3n) is 3.86. The van der Waals surface area contributed by atoms with Crippen LogP contribution in [0.2, 0.25) is 0 Å². The van der Waals surface area contributed by atoms with Crippen LogP contribution in [0.3, 0.4) is 0 Å². The van der Waals surface area contributed by atoms with E-state index < -0.39 is 0 Å². The predicted octanol–water partition coefficient (Wildman–Crippen LogP) is 2.69. The molecule has 1 aromatic heterocycles. The molecule has 1 saturated heterocycles. The van der Waals surface area contributed by atoms with Crippen molar-refractivity contribution >= 4 is 11.7 Å². The van der Waals surface area contributed by atoms with Gasteiger partial charge in [0.05, 0.1) is 0 Å². The van der Waals surface area contributed by atoms with Gasteiger partial charge in [-0.3, -0.25) is 4.79 Å². The molecule has 4 nitrogen and oxygen atoms in total. The van der Waals surface area contributed by atoms with E-state index in [0.29, 0.717) is 5.41 Å². The zero-order valence-corrected chi connectivity index (χ0v) is 12.3. The van der Waals surface area contributed by atoms with E-state index in [-0.39, 0.29) is 5.91 Å². The van der Waals surface area contributed by atoms with Gasteiger partial charge in [-0.25, -0.2) is 4.98 Å². The SMILES string of the molecule is CNc1cc(C(=O)N2CCC(C)(C)CC2)cc(C)n1. The number of anilines is 1.